The average molecular weight is 240 g/mol. The van der Waals surface area contributed by atoms with Crippen molar-refractivity contribution in [2.75, 3.05) is 0 Å². The molecular formula is C17H20O. The molecule has 18 heavy (non-hydrogen) atoms. The van der Waals surface area contributed by atoms with Gasteiger partial charge in [0.05, 0.1) is 6.10 Å². The second-order valence-corrected chi connectivity index (χ2v) is 4.90. The summed E-state index contributed by atoms with van der Waals surface area (Å²) in [6.45, 7) is 4.14. The molecule has 94 valence electrons. The molecule has 2 aromatic rings. The van der Waals surface area contributed by atoms with Crippen molar-refractivity contribution in [3.05, 3.63) is 70.8 Å². The maximum absolute atomic E-state index is 10.3. The van der Waals surface area contributed by atoms with Gasteiger partial charge in [0.15, 0.2) is 0 Å². The Hall–Kier alpha value is -1.60. The van der Waals surface area contributed by atoms with Gasteiger partial charge in [0.25, 0.3) is 0 Å². The molecule has 1 unspecified atom stereocenters. The molecule has 2 rings (SSSR count). The molecule has 1 N–H and O–H groups in total. The Morgan fingerprint density at radius 2 is 1.72 bits per heavy atom. The zero-order valence-corrected chi connectivity index (χ0v) is 11.1. The summed E-state index contributed by atoms with van der Waals surface area (Å²) in [5.74, 6) is 0. The minimum absolute atomic E-state index is 0.370. The number of benzene rings is 2. The van der Waals surface area contributed by atoms with Crippen molar-refractivity contribution in [2.24, 2.45) is 0 Å². The smallest absolute Gasteiger partial charge is 0.0795 e. The Labute approximate surface area is 109 Å². The first-order valence-electron chi connectivity index (χ1n) is 6.46. The molecule has 0 aliphatic carbocycles. The van der Waals surface area contributed by atoms with E-state index in [1.165, 1.54) is 16.7 Å². The monoisotopic (exact) mass is 240 g/mol. The van der Waals surface area contributed by atoms with E-state index in [4.69, 9.17) is 0 Å². The van der Waals surface area contributed by atoms with Crippen LogP contribution in [0.15, 0.2) is 48.5 Å². The van der Waals surface area contributed by atoms with Crippen molar-refractivity contribution in [1.82, 2.24) is 0 Å². The van der Waals surface area contributed by atoms with Crippen molar-refractivity contribution in [3.63, 3.8) is 0 Å². The standard InChI is InChI=1S/C17H20O/c1-13-8-10-16(14(2)12-13)17(18)11-9-15-6-4-3-5-7-15/h3-8,10,12,17-18H,9,11H2,1-2H3. The van der Waals surface area contributed by atoms with Gasteiger partial charge in [-0.3, -0.25) is 0 Å². The fraction of sp³-hybridized carbons (Fsp3) is 0.294. The lowest BCUT2D eigenvalue weighted by atomic mass is 9.96. The van der Waals surface area contributed by atoms with E-state index in [2.05, 4.69) is 38.1 Å². The molecule has 1 atom stereocenters. The molecule has 2 aromatic carbocycles. The summed E-state index contributed by atoms with van der Waals surface area (Å²) < 4.78 is 0. The molecule has 0 spiro atoms. The third-order valence-corrected chi connectivity index (χ3v) is 3.33. The molecule has 0 aliphatic heterocycles. The molecule has 0 saturated heterocycles. The van der Waals surface area contributed by atoms with Crippen molar-refractivity contribution in [3.8, 4) is 0 Å². The lowest BCUT2D eigenvalue weighted by Crippen LogP contribution is -2.02. The van der Waals surface area contributed by atoms with Crippen LogP contribution in [-0.4, -0.2) is 5.11 Å². The van der Waals surface area contributed by atoms with E-state index in [0.29, 0.717) is 0 Å². The van der Waals surface area contributed by atoms with Gasteiger partial charge in [0, 0.05) is 0 Å². The molecule has 1 nitrogen and oxygen atoms in total. The highest BCUT2D eigenvalue weighted by molar-refractivity contribution is 5.32. The Bertz CT molecular complexity index is 502. The predicted octanol–water partition coefficient (Wildman–Crippen LogP) is 3.97. The SMILES string of the molecule is Cc1ccc(C(O)CCc2ccccc2)c(C)c1. The van der Waals surface area contributed by atoms with Crippen LogP contribution < -0.4 is 0 Å². The fourth-order valence-corrected chi connectivity index (χ4v) is 2.30. The molecule has 0 amide bonds. The highest BCUT2D eigenvalue weighted by Crippen LogP contribution is 2.23. The normalized spacial score (nSPS) is 12.4. The predicted molar refractivity (Wildman–Crippen MR) is 75.6 cm³/mol. The molecule has 0 bridgehead atoms. The second-order valence-electron chi connectivity index (χ2n) is 4.90. The lowest BCUT2D eigenvalue weighted by Gasteiger charge is -2.14. The van der Waals surface area contributed by atoms with Crippen molar-refractivity contribution < 1.29 is 5.11 Å². The first-order chi connectivity index (χ1) is 8.66. The highest BCUT2D eigenvalue weighted by Gasteiger charge is 2.10. The third-order valence-electron chi connectivity index (χ3n) is 3.33. The second kappa shape index (κ2) is 5.83. The van der Waals surface area contributed by atoms with Crippen molar-refractivity contribution in [2.45, 2.75) is 32.8 Å². The number of rotatable bonds is 4. The summed E-state index contributed by atoms with van der Waals surface area (Å²) >= 11 is 0. The first kappa shape index (κ1) is 12.8. The third kappa shape index (κ3) is 3.21. The zero-order chi connectivity index (χ0) is 13.0. The number of aliphatic hydroxyl groups excluding tert-OH is 1. The van der Waals surface area contributed by atoms with Crippen LogP contribution in [0.4, 0.5) is 0 Å². The molecular weight excluding hydrogens is 220 g/mol. The number of hydrogen-bond acceptors (Lipinski definition) is 1. The highest BCUT2D eigenvalue weighted by atomic mass is 16.3. The summed E-state index contributed by atoms with van der Waals surface area (Å²) in [7, 11) is 0. The van der Waals surface area contributed by atoms with Crippen LogP contribution >= 0.6 is 0 Å². The van der Waals surface area contributed by atoms with Gasteiger partial charge in [-0.1, -0.05) is 54.1 Å². The molecule has 0 heterocycles. The summed E-state index contributed by atoms with van der Waals surface area (Å²) in [5, 5.41) is 10.3. The average Bonchev–Trinajstić information content (AvgIpc) is 2.37. The molecule has 1 heteroatoms. The Balaban J connectivity index is 2.01. The van der Waals surface area contributed by atoms with E-state index in [-0.39, 0.29) is 6.10 Å². The topological polar surface area (TPSA) is 20.2 Å². The number of aryl methyl sites for hydroxylation is 3. The van der Waals surface area contributed by atoms with Gasteiger partial charge in [0.2, 0.25) is 0 Å². The Morgan fingerprint density at radius 1 is 1.00 bits per heavy atom. The van der Waals surface area contributed by atoms with Gasteiger partial charge >= 0.3 is 0 Å². The van der Waals surface area contributed by atoms with Gasteiger partial charge in [-0.05, 0) is 43.4 Å². The van der Waals surface area contributed by atoms with Gasteiger partial charge < -0.3 is 5.11 Å². The lowest BCUT2D eigenvalue weighted by molar-refractivity contribution is 0.167. The number of hydrogen-bond donors (Lipinski definition) is 1. The van der Waals surface area contributed by atoms with Gasteiger partial charge in [-0.2, -0.15) is 0 Å². The van der Waals surface area contributed by atoms with E-state index < -0.39 is 0 Å². The minimum Gasteiger partial charge on any atom is -0.388 e. The largest absolute Gasteiger partial charge is 0.388 e. The molecule has 0 aromatic heterocycles. The van der Waals surface area contributed by atoms with Gasteiger partial charge in [-0.25, -0.2) is 0 Å². The van der Waals surface area contributed by atoms with E-state index in [1.807, 2.05) is 24.3 Å². The van der Waals surface area contributed by atoms with Crippen LogP contribution in [0, 0.1) is 13.8 Å². The maximum atomic E-state index is 10.3. The molecule has 0 aliphatic rings. The fourth-order valence-electron chi connectivity index (χ4n) is 2.30. The van der Waals surface area contributed by atoms with E-state index in [1.54, 1.807) is 0 Å². The quantitative estimate of drug-likeness (QED) is 0.857. The van der Waals surface area contributed by atoms with Crippen LogP contribution in [0.5, 0.6) is 0 Å². The summed E-state index contributed by atoms with van der Waals surface area (Å²) in [5.41, 5.74) is 4.75. The van der Waals surface area contributed by atoms with Crippen molar-refractivity contribution in [1.29, 1.82) is 0 Å². The van der Waals surface area contributed by atoms with E-state index >= 15 is 0 Å². The van der Waals surface area contributed by atoms with Crippen LogP contribution in [0.2, 0.25) is 0 Å². The van der Waals surface area contributed by atoms with Gasteiger partial charge in [-0.15, -0.1) is 0 Å². The number of aliphatic hydroxyl groups is 1. The Kier molecular flexibility index (Phi) is 4.16. The summed E-state index contributed by atoms with van der Waals surface area (Å²) in [4.78, 5) is 0. The van der Waals surface area contributed by atoms with Crippen LogP contribution in [0.1, 0.15) is 34.8 Å². The minimum atomic E-state index is -0.370. The molecule has 0 fully saturated rings. The Morgan fingerprint density at radius 3 is 2.39 bits per heavy atom. The van der Waals surface area contributed by atoms with E-state index in [9.17, 15) is 5.11 Å². The summed E-state index contributed by atoms with van der Waals surface area (Å²) in [6, 6.07) is 16.5. The first-order valence-corrected chi connectivity index (χ1v) is 6.46. The summed E-state index contributed by atoms with van der Waals surface area (Å²) in [6.07, 6.45) is 1.31. The van der Waals surface area contributed by atoms with E-state index in [0.717, 1.165) is 18.4 Å². The van der Waals surface area contributed by atoms with Gasteiger partial charge in [0.1, 0.15) is 0 Å². The van der Waals surface area contributed by atoms with Crippen LogP contribution in [0.3, 0.4) is 0 Å². The zero-order valence-electron chi connectivity index (χ0n) is 11.1. The maximum Gasteiger partial charge on any atom is 0.0795 e. The molecule has 0 radical (unpaired) electrons. The van der Waals surface area contributed by atoms with Crippen LogP contribution in [0.25, 0.3) is 0 Å². The molecule has 0 saturated carbocycles. The van der Waals surface area contributed by atoms with Crippen LogP contribution in [-0.2, 0) is 6.42 Å². The van der Waals surface area contributed by atoms with Crippen molar-refractivity contribution >= 4 is 0 Å².